The largest absolute Gasteiger partial charge is 0.355 e. The zero-order valence-corrected chi connectivity index (χ0v) is 14.5. The zero-order valence-electron chi connectivity index (χ0n) is 13.6. The van der Waals surface area contributed by atoms with Crippen LogP contribution in [0.3, 0.4) is 0 Å². The van der Waals surface area contributed by atoms with Gasteiger partial charge in [-0.05, 0) is 18.6 Å². The Balaban J connectivity index is 2.90. The van der Waals surface area contributed by atoms with Crippen LogP contribution < -0.4 is 5.73 Å². The van der Waals surface area contributed by atoms with Crippen molar-refractivity contribution in [1.82, 2.24) is 0 Å². The smallest absolute Gasteiger partial charge is 0.149 e. The van der Waals surface area contributed by atoms with Gasteiger partial charge in [0.15, 0.2) is 0 Å². The molecular formula is C16H35NO3S. The molecule has 21 heavy (non-hydrogen) atoms. The average Bonchev–Trinajstić information content (AvgIpc) is 2.50. The van der Waals surface area contributed by atoms with Crippen LogP contribution in [-0.2, 0) is 14.2 Å². The van der Waals surface area contributed by atoms with Gasteiger partial charge in [-0.1, -0.05) is 51.4 Å². The Bertz CT molecular complexity index is 167. The molecule has 0 spiro atoms. The Morgan fingerprint density at radius 3 is 1.57 bits per heavy atom. The Labute approximate surface area is 136 Å². The van der Waals surface area contributed by atoms with E-state index < -0.39 is 0 Å². The van der Waals surface area contributed by atoms with Gasteiger partial charge in [-0.25, -0.2) is 0 Å². The molecule has 0 saturated carbocycles. The van der Waals surface area contributed by atoms with Gasteiger partial charge >= 0.3 is 0 Å². The van der Waals surface area contributed by atoms with Crippen LogP contribution in [0.15, 0.2) is 0 Å². The van der Waals surface area contributed by atoms with E-state index in [1.54, 1.807) is 0 Å². The predicted octanol–water partition coefficient (Wildman–Crippen LogP) is 3.74. The van der Waals surface area contributed by atoms with Crippen LogP contribution in [0.25, 0.3) is 0 Å². The number of hydrogen-bond acceptors (Lipinski definition) is 5. The minimum Gasteiger partial charge on any atom is -0.355 e. The molecule has 0 bridgehead atoms. The van der Waals surface area contributed by atoms with Gasteiger partial charge in [0.2, 0.25) is 0 Å². The Morgan fingerprint density at radius 2 is 1.05 bits per heavy atom. The summed E-state index contributed by atoms with van der Waals surface area (Å²) in [5.74, 6) is 1.04. The van der Waals surface area contributed by atoms with Crippen molar-refractivity contribution in [3.8, 4) is 0 Å². The second-order valence-electron chi connectivity index (χ2n) is 5.30. The fourth-order valence-electron chi connectivity index (χ4n) is 2.08. The fourth-order valence-corrected chi connectivity index (χ4v) is 2.31. The average molecular weight is 322 g/mol. The zero-order chi connectivity index (χ0) is 15.4. The van der Waals surface area contributed by atoms with Gasteiger partial charge in [0.25, 0.3) is 0 Å². The van der Waals surface area contributed by atoms with Crippen LogP contribution in [-0.4, -0.2) is 39.1 Å². The lowest BCUT2D eigenvalue weighted by atomic mass is 10.1. The molecule has 0 aliphatic carbocycles. The second kappa shape index (κ2) is 20.2. The van der Waals surface area contributed by atoms with Gasteiger partial charge in [-0.15, -0.1) is 0 Å². The maximum Gasteiger partial charge on any atom is 0.149 e. The van der Waals surface area contributed by atoms with E-state index in [1.165, 1.54) is 57.8 Å². The van der Waals surface area contributed by atoms with E-state index in [9.17, 15) is 0 Å². The molecule has 128 valence electrons. The number of hydrogen-bond donors (Lipinski definition) is 2. The standard InChI is InChI=1S/C16H35NO3S/c17-11-13-19-16-20-15-18-12-9-7-5-3-1-2-4-6-8-10-14-21/h21H,1-17H2. The molecule has 0 amide bonds. The summed E-state index contributed by atoms with van der Waals surface area (Å²) in [6.45, 7) is 2.43. The number of unbranched alkanes of at least 4 members (excludes halogenated alkanes) is 9. The lowest BCUT2D eigenvalue weighted by Crippen LogP contribution is -2.11. The van der Waals surface area contributed by atoms with Crippen molar-refractivity contribution < 1.29 is 14.2 Å². The summed E-state index contributed by atoms with van der Waals surface area (Å²) in [6, 6.07) is 0. The molecule has 0 aromatic rings. The maximum absolute atomic E-state index is 5.36. The number of rotatable bonds is 18. The summed E-state index contributed by atoms with van der Waals surface area (Å²) in [5.41, 5.74) is 5.28. The third kappa shape index (κ3) is 20.2. The van der Waals surface area contributed by atoms with Crippen LogP contribution >= 0.6 is 12.6 Å². The predicted molar refractivity (Wildman–Crippen MR) is 91.8 cm³/mol. The Morgan fingerprint density at radius 1 is 0.571 bits per heavy atom. The number of ether oxygens (including phenoxy) is 3. The van der Waals surface area contributed by atoms with Gasteiger partial charge in [-0.2, -0.15) is 12.6 Å². The summed E-state index contributed by atoms with van der Waals surface area (Å²) in [5, 5.41) is 0. The lowest BCUT2D eigenvalue weighted by Gasteiger charge is -2.06. The highest BCUT2D eigenvalue weighted by Crippen LogP contribution is 2.10. The monoisotopic (exact) mass is 321 g/mol. The third-order valence-electron chi connectivity index (χ3n) is 3.29. The minimum absolute atomic E-state index is 0.269. The van der Waals surface area contributed by atoms with Crippen LogP contribution in [0, 0.1) is 0 Å². The lowest BCUT2D eigenvalue weighted by molar-refractivity contribution is -0.130. The third-order valence-corrected chi connectivity index (χ3v) is 3.61. The first-order chi connectivity index (χ1) is 10.4. The Hall–Kier alpha value is 0.190. The summed E-state index contributed by atoms with van der Waals surface area (Å²) < 4.78 is 15.6. The van der Waals surface area contributed by atoms with Gasteiger partial charge in [0.05, 0.1) is 6.61 Å². The first kappa shape index (κ1) is 21.2. The van der Waals surface area contributed by atoms with Crippen molar-refractivity contribution in [2.24, 2.45) is 5.73 Å². The van der Waals surface area contributed by atoms with Gasteiger partial charge in [0, 0.05) is 13.2 Å². The van der Waals surface area contributed by atoms with Crippen LogP contribution in [0.1, 0.15) is 64.2 Å². The van der Waals surface area contributed by atoms with E-state index in [-0.39, 0.29) is 6.79 Å². The molecule has 0 atom stereocenters. The minimum atomic E-state index is 0.269. The van der Waals surface area contributed by atoms with Gasteiger partial charge in [0.1, 0.15) is 13.6 Å². The van der Waals surface area contributed by atoms with E-state index in [1.807, 2.05) is 0 Å². The molecule has 0 saturated heterocycles. The highest BCUT2D eigenvalue weighted by Gasteiger charge is 1.94. The molecule has 0 aliphatic heterocycles. The van der Waals surface area contributed by atoms with E-state index in [0.29, 0.717) is 19.9 Å². The number of nitrogens with two attached hydrogens (primary N) is 1. The number of thiol groups is 1. The maximum atomic E-state index is 5.36. The molecule has 0 rings (SSSR count). The Kier molecular flexibility index (Phi) is 20.4. The molecule has 2 N–H and O–H groups in total. The van der Waals surface area contributed by atoms with Crippen LogP contribution in [0.5, 0.6) is 0 Å². The normalized spacial score (nSPS) is 11.1. The summed E-state index contributed by atoms with van der Waals surface area (Å²) in [6.07, 6.45) is 13.2. The topological polar surface area (TPSA) is 53.7 Å². The molecule has 0 aromatic heterocycles. The van der Waals surface area contributed by atoms with E-state index >= 15 is 0 Å². The SMILES string of the molecule is NCCOCOCOCCCCCCCCCCCCS. The molecular weight excluding hydrogens is 286 g/mol. The van der Waals surface area contributed by atoms with Crippen LogP contribution in [0.2, 0.25) is 0 Å². The van der Waals surface area contributed by atoms with Gasteiger partial charge in [-0.3, -0.25) is 0 Å². The van der Waals surface area contributed by atoms with Crippen LogP contribution in [0.4, 0.5) is 0 Å². The van der Waals surface area contributed by atoms with Crippen molar-refractivity contribution in [1.29, 1.82) is 0 Å². The second-order valence-corrected chi connectivity index (χ2v) is 5.75. The van der Waals surface area contributed by atoms with E-state index in [0.717, 1.165) is 18.8 Å². The first-order valence-electron chi connectivity index (χ1n) is 8.46. The molecule has 0 fully saturated rings. The summed E-state index contributed by atoms with van der Waals surface area (Å²) >= 11 is 4.22. The van der Waals surface area contributed by atoms with E-state index in [4.69, 9.17) is 19.9 Å². The molecule has 4 nitrogen and oxygen atoms in total. The quantitative estimate of drug-likeness (QED) is 0.229. The van der Waals surface area contributed by atoms with Crippen molar-refractivity contribution in [2.75, 3.05) is 39.1 Å². The molecule has 5 heteroatoms. The van der Waals surface area contributed by atoms with Gasteiger partial charge < -0.3 is 19.9 Å². The van der Waals surface area contributed by atoms with Crippen molar-refractivity contribution in [2.45, 2.75) is 64.2 Å². The summed E-state index contributed by atoms with van der Waals surface area (Å²) in [4.78, 5) is 0. The summed E-state index contributed by atoms with van der Waals surface area (Å²) in [7, 11) is 0. The molecule has 0 aliphatic rings. The molecule has 0 unspecified atom stereocenters. The van der Waals surface area contributed by atoms with Crippen molar-refractivity contribution in [3.63, 3.8) is 0 Å². The van der Waals surface area contributed by atoms with Crippen molar-refractivity contribution in [3.05, 3.63) is 0 Å². The van der Waals surface area contributed by atoms with Crippen molar-refractivity contribution >= 4 is 12.6 Å². The fraction of sp³-hybridized carbons (Fsp3) is 1.00. The molecule has 0 heterocycles. The molecule has 0 radical (unpaired) electrons. The molecule has 0 aromatic carbocycles. The highest BCUT2D eigenvalue weighted by molar-refractivity contribution is 7.80. The highest BCUT2D eigenvalue weighted by atomic mass is 32.1. The first-order valence-corrected chi connectivity index (χ1v) is 9.09. The van der Waals surface area contributed by atoms with E-state index in [2.05, 4.69) is 12.6 Å².